The topological polar surface area (TPSA) is 32.8 Å². The molecule has 4 nitrogen and oxygen atoms in total. The summed E-state index contributed by atoms with van der Waals surface area (Å²) in [5.74, 6) is 1.05. The maximum atomic E-state index is 12.8. The predicted octanol–water partition coefficient (Wildman–Crippen LogP) is 1.74. The van der Waals surface area contributed by atoms with Crippen molar-refractivity contribution < 1.29 is 9.53 Å². The Hall–Kier alpha value is -1.39. The molecule has 1 aromatic carbocycles. The number of methoxy groups -OCH3 is 1. The average Bonchev–Trinajstić information content (AvgIpc) is 2.42. The molecule has 4 heteroatoms. The van der Waals surface area contributed by atoms with Gasteiger partial charge >= 0.3 is 0 Å². The Bertz CT molecular complexity index is 513. The van der Waals surface area contributed by atoms with Gasteiger partial charge in [0.2, 0.25) is 0 Å². The molecular formula is C16H24N2O2. The molecule has 1 aliphatic rings. The summed E-state index contributed by atoms with van der Waals surface area (Å²) in [6, 6.07) is 3.86. The van der Waals surface area contributed by atoms with E-state index in [1.165, 1.54) is 0 Å². The zero-order valence-corrected chi connectivity index (χ0v) is 13.1. The number of ketones is 1. The van der Waals surface area contributed by atoms with Crippen LogP contribution in [0, 0.1) is 13.8 Å². The van der Waals surface area contributed by atoms with Crippen molar-refractivity contribution in [3.63, 3.8) is 0 Å². The molecule has 0 aliphatic carbocycles. The Morgan fingerprint density at radius 3 is 2.55 bits per heavy atom. The van der Waals surface area contributed by atoms with Gasteiger partial charge in [0.25, 0.3) is 0 Å². The van der Waals surface area contributed by atoms with Crippen LogP contribution in [0.25, 0.3) is 0 Å². The summed E-state index contributed by atoms with van der Waals surface area (Å²) in [5.41, 5.74) is 2.81. The van der Waals surface area contributed by atoms with Crippen LogP contribution in [0.3, 0.4) is 0 Å². The molecule has 1 aromatic rings. The fraction of sp³-hybridized carbons (Fsp3) is 0.562. The zero-order valence-electron chi connectivity index (χ0n) is 13.1. The molecule has 0 spiro atoms. The molecule has 0 aromatic heterocycles. The lowest BCUT2D eigenvalue weighted by molar-refractivity contribution is 0.0685. The van der Waals surface area contributed by atoms with Crippen LogP contribution in [-0.2, 0) is 0 Å². The van der Waals surface area contributed by atoms with Gasteiger partial charge in [-0.2, -0.15) is 0 Å². The van der Waals surface area contributed by atoms with E-state index in [2.05, 4.69) is 16.8 Å². The van der Waals surface area contributed by atoms with E-state index in [4.69, 9.17) is 4.74 Å². The minimum Gasteiger partial charge on any atom is -0.496 e. The number of piperazine rings is 1. The summed E-state index contributed by atoms with van der Waals surface area (Å²) in [4.78, 5) is 17.2. The van der Waals surface area contributed by atoms with Gasteiger partial charge in [-0.3, -0.25) is 9.69 Å². The molecule has 0 N–H and O–H groups in total. The second-order valence-electron chi connectivity index (χ2n) is 5.76. The van der Waals surface area contributed by atoms with Crippen molar-refractivity contribution in [3.05, 3.63) is 28.8 Å². The number of hydrogen-bond donors (Lipinski definition) is 0. The van der Waals surface area contributed by atoms with Crippen LogP contribution in [0.15, 0.2) is 12.1 Å². The molecule has 1 unspecified atom stereocenters. The number of likely N-dealkylation sites (N-methyl/N-ethyl adjacent to an activating group) is 2. The van der Waals surface area contributed by atoms with E-state index in [0.717, 1.165) is 42.1 Å². The first-order valence-corrected chi connectivity index (χ1v) is 7.02. The lowest BCUT2D eigenvalue weighted by Crippen LogP contribution is -2.53. The van der Waals surface area contributed by atoms with Crippen molar-refractivity contribution in [3.8, 4) is 5.75 Å². The Morgan fingerprint density at radius 2 is 1.90 bits per heavy atom. The summed E-state index contributed by atoms with van der Waals surface area (Å²) in [6.45, 7) is 6.69. The largest absolute Gasteiger partial charge is 0.496 e. The Labute approximate surface area is 121 Å². The van der Waals surface area contributed by atoms with Gasteiger partial charge in [0.15, 0.2) is 5.78 Å². The third kappa shape index (κ3) is 2.86. The first-order valence-electron chi connectivity index (χ1n) is 7.02. The van der Waals surface area contributed by atoms with Crippen molar-refractivity contribution in [1.82, 2.24) is 9.80 Å². The molecule has 1 heterocycles. The third-order valence-electron chi connectivity index (χ3n) is 4.16. The molecule has 0 amide bonds. The van der Waals surface area contributed by atoms with Crippen molar-refractivity contribution in [1.29, 1.82) is 0 Å². The molecule has 0 saturated carbocycles. The number of Topliss-reactive ketones (excluding diaryl/α,β-unsaturated/α-hetero) is 1. The van der Waals surface area contributed by atoms with Gasteiger partial charge in [-0.15, -0.1) is 0 Å². The van der Waals surface area contributed by atoms with Gasteiger partial charge in [-0.05, 0) is 51.2 Å². The Kier molecular flexibility index (Phi) is 4.45. The van der Waals surface area contributed by atoms with E-state index < -0.39 is 0 Å². The van der Waals surface area contributed by atoms with E-state index in [1.54, 1.807) is 7.11 Å². The van der Waals surface area contributed by atoms with Crippen molar-refractivity contribution >= 4 is 5.78 Å². The van der Waals surface area contributed by atoms with Crippen LogP contribution >= 0.6 is 0 Å². The lowest BCUT2D eigenvalue weighted by atomic mass is 9.95. The van der Waals surface area contributed by atoms with Crippen molar-refractivity contribution in [2.24, 2.45) is 0 Å². The summed E-state index contributed by atoms with van der Waals surface area (Å²) in [7, 11) is 5.76. The zero-order chi connectivity index (χ0) is 14.9. The van der Waals surface area contributed by atoms with Gasteiger partial charge in [0.1, 0.15) is 5.75 Å². The smallest absolute Gasteiger partial charge is 0.181 e. The average molecular weight is 276 g/mol. The number of rotatable bonds is 3. The van der Waals surface area contributed by atoms with Crippen molar-refractivity contribution in [2.45, 2.75) is 19.9 Å². The number of hydrogen-bond acceptors (Lipinski definition) is 4. The second kappa shape index (κ2) is 5.94. The minimum atomic E-state index is -0.0553. The molecule has 2 rings (SSSR count). The molecule has 1 aliphatic heterocycles. The molecule has 110 valence electrons. The SMILES string of the molecule is COc1cc(C)c(C(=O)C2CN(C)CCN2C)cc1C. The number of ether oxygens (including phenoxy) is 1. The van der Waals surface area contributed by atoms with Crippen LogP contribution in [0.2, 0.25) is 0 Å². The van der Waals surface area contributed by atoms with Gasteiger partial charge in [0.05, 0.1) is 13.2 Å². The standard InChI is InChI=1S/C16H24N2O2/c1-11-9-15(20-5)12(2)8-13(11)16(19)14-10-17(3)6-7-18(14)4/h8-9,14H,6-7,10H2,1-5H3. The fourth-order valence-corrected chi connectivity index (χ4v) is 2.75. The first-order chi connectivity index (χ1) is 9.43. The van der Waals surface area contributed by atoms with Crippen LogP contribution in [0.4, 0.5) is 0 Å². The van der Waals surface area contributed by atoms with E-state index in [1.807, 2.05) is 33.0 Å². The van der Waals surface area contributed by atoms with Gasteiger partial charge < -0.3 is 9.64 Å². The Morgan fingerprint density at radius 1 is 1.20 bits per heavy atom. The number of aryl methyl sites for hydroxylation is 2. The highest BCUT2D eigenvalue weighted by Crippen LogP contribution is 2.24. The van der Waals surface area contributed by atoms with Crippen LogP contribution < -0.4 is 4.74 Å². The fourth-order valence-electron chi connectivity index (χ4n) is 2.75. The molecule has 1 saturated heterocycles. The van der Waals surface area contributed by atoms with Crippen LogP contribution in [-0.4, -0.2) is 62.5 Å². The van der Waals surface area contributed by atoms with Gasteiger partial charge in [0, 0.05) is 25.2 Å². The summed E-state index contributed by atoms with van der Waals surface area (Å²) in [6.07, 6.45) is 0. The molecule has 1 fully saturated rings. The minimum absolute atomic E-state index is 0.0553. The third-order valence-corrected chi connectivity index (χ3v) is 4.16. The highest BCUT2D eigenvalue weighted by atomic mass is 16.5. The van der Waals surface area contributed by atoms with E-state index in [-0.39, 0.29) is 11.8 Å². The van der Waals surface area contributed by atoms with Crippen molar-refractivity contribution in [2.75, 3.05) is 40.8 Å². The molecule has 0 bridgehead atoms. The summed E-state index contributed by atoms with van der Waals surface area (Å²) in [5, 5.41) is 0. The monoisotopic (exact) mass is 276 g/mol. The van der Waals surface area contributed by atoms with Gasteiger partial charge in [-0.25, -0.2) is 0 Å². The highest BCUT2D eigenvalue weighted by Gasteiger charge is 2.30. The number of carbonyl (C=O) groups is 1. The van der Waals surface area contributed by atoms with Gasteiger partial charge in [-0.1, -0.05) is 0 Å². The summed E-state index contributed by atoms with van der Waals surface area (Å²) < 4.78 is 5.31. The molecule has 20 heavy (non-hydrogen) atoms. The van der Waals surface area contributed by atoms with E-state index in [0.29, 0.717) is 0 Å². The number of nitrogens with zero attached hydrogens (tertiary/aromatic N) is 2. The highest BCUT2D eigenvalue weighted by molar-refractivity contribution is 6.01. The predicted molar refractivity (Wildman–Crippen MR) is 80.7 cm³/mol. The Balaban J connectivity index is 2.31. The number of carbonyl (C=O) groups excluding carboxylic acids is 1. The molecular weight excluding hydrogens is 252 g/mol. The maximum Gasteiger partial charge on any atom is 0.181 e. The lowest BCUT2D eigenvalue weighted by Gasteiger charge is -2.37. The second-order valence-corrected chi connectivity index (χ2v) is 5.76. The molecule has 0 radical (unpaired) electrons. The van der Waals surface area contributed by atoms with E-state index in [9.17, 15) is 4.79 Å². The summed E-state index contributed by atoms with van der Waals surface area (Å²) >= 11 is 0. The molecule has 1 atom stereocenters. The normalized spacial score (nSPS) is 20.9. The van der Waals surface area contributed by atoms with Crippen LogP contribution in [0.5, 0.6) is 5.75 Å². The number of benzene rings is 1. The van der Waals surface area contributed by atoms with E-state index >= 15 is 0 Å². The first kappa shape index (κ1) is 15.0. The van der Waals surface area contributed by atoms with Crippen LogP contribution in [0.1, 0.15) is 21.5 Å². The quantitative estimate of drug-likeness (QED) is 0.787. The maximum absolute atomic E-state index is 12.8.